The molecule has 6 heteroatoms. The third-order valence-electron chi connectivity index (χ3n) is 3.30. The molecule has 0 atom stereocenters. The van der Waals surface area contributed by atoms with Crippen molar-refractivity contribution in [3.8, 4) is 0 Å². The van der Waals surface area contributed by atoms with E-state index in [1.165, 1.54) is 12.1 Å². The van der Waals surface area contributed by atoms with Crippen LogP contribution in [0.2, 0.25) is 0 Å². The Kier molecular flexibility index (Phi) is 4.29. The van der Waals surface area contributed by atoms with E-state index in [9.17, 15) is 12.8 Å². The van der Waals surface area contributed by atoms with Gasteiger partial charge < -0.3 is 5.73 Å². The van der Waals surface area contributed by atoms with Crippen LogP contribution in [0.4, 0.5) is 10.1 Å². The molecule has 112 valence electrons. The Labute approximate surface area is 123 Å². The number of anilines is 1. The van der Waals surface area contributed by atoms with E-state index in [4.69, 9.17) is 5.73 Å². The molecule has 0 amide bonds. The first-order valence-corrected chi connectivity index (χ1v) is 7.91. The summed E-state index contributed by atoms with van der Waals surface area (Å²) < 4.78 is 40.7. The van der Waals surface area contributed by atoms with Crippen LogP contribution in [0.5, 0.6) is 0 Å². The predicted molar refractivity (Wildman–Crippen MR) is 81.0 cm³/mol. The molecule has 0 heterocycles. The average Bonchev–Trinajstić information content (AvgIpc) is 2.41. The van der Waals surface area contributed by atoms with Gasteiger partial charge in [-0.25, -0.2) is 12.8 Å². The van der Waals surface area contributed by atoms with Crippen molar-refractivity contribution in [1.82, 2.24) is 0 Å². The molecule has 0 radical (unpaired) electrons. The highest BCUT2D eigenvalue weighted by Gasteiger charge is 2.19. The van der Waals surface area contributed by atoms with E-state index in [2.05, 4.69) is 4.72 Å². The predicted octanol–water partition coefficient (Wildman–Crippen LogP) is 2.70. The van der Waals surface area contributed by atoms with Crippen molar-refractivity contribution in [3.05, 3.63) is 58.9 Å². The van der Waals surface area contributed by atoms with E-state index in [1.54, 1.807) is 19.1 Å². The number of nitrogens with two attached hydrogens (primary N) is 1. The first-order valence-electron chi connectivity index (χ1n) is 6.42. The van der Waals surface area contributed by atoms with E-state index < -0.39 is 15.8 Å². The summed E-state index contributed by atoms with van der Waals surface area (Å²) in [6.45, 7) is 3.69. The number of nitrogens with one attached hydrogen (secondary N) is 1. The van der Waals surface area contributed by atoms with Crippen LogP contribution < -0.4 is 10.5 Å². The molecular weight excluding hydrogens is 291 g/mol. The normalized spacial score (nSPS) is 11.4. The van der Waals surface area contributed by atoms with Crippen LogP contribution in [0.15, 0.2) is 41.3 Å². The quantitative estimate of drug-likeness (QED) is 0.912. The molecule has 0 aliphatic rings. The maximum Gasteiger partial charge on any atom is 0.262 e. The zero-order chi connectivity index (χ0) is 15.6. The Balaban J connectivity index is 2.47. The van der Waals surface area contributed by atoms with E-state index >= 15 is 0 Å². The molecule has 0 aliphatic carbocycles. The van der Waals surface area contributed by atoms with Gasteiger partial charge in [-0.05, 0) is 48.7 Å². The van der Waals surface area contributed by atoms with Crippen LogP contribution in [-0.4, -0.2) is 8.42 Å². The van der Waals surface area contributed by atoms with Crippen molar-refractivity contribution >= 4 is 15.7 Å². The lowest BCUT2D eigenvalue weighted by atomic mass is 10.1. The highest BCUT2D eigenvalue weighted by molar-refractivity contribution is 7.92. The molecule has 0 bridgehead atoms. The van der Waals surface area contributed by atoms with Crippen LogP contribution in [0.25, 0.3) is 0 Å². The SMILES string of the molecule is Cc1ccc(F)cc1S(=O)(=O)Nc1cccc(C)c1CN. The molecule has 2 aromatic carbocycles. The molecule has 0 spiro atoms. The number of halogens is 1. The monoisotopic (exact) mass is 308 g/mol. The fourth-order valence-electron chi connectivity index (χ4n) is 2.13. The second kappa shape index (κ2) is 5.83. The molecule has 0 aromatic heterocycles. The van der Waals surface area contributed by atoms with Gasteiger partial charge in [-0.1, -0.05) is 18.2 Å². The summed E-state index contributed by atoms with van der Waals surface area (Å²) in [7, 11) is -3.86. The first-order chi connectivity index (χ1) is 9.85. The lowest BCUT2D eigenvalue weighted by Crippen LogP contribution is -2.17. The molecule has 3 N–H and O–H groups in total. The van der Waals surface area contributed by atoms with Crippen LogP contribution in [0, 0.1) is 19.7 Å². The number of aryl methyl sites for hydroxylation is 2. The summed E-state index contributed by atoms with van der Waals surface area (Å²) in [6, 6.07) is 8.91. The van der Waals surface area contributed by atoms with Gasteiger partial charge in [0.05, 0.1) is 10.6 Å². The third-order valence-corrected chi connectivity index (χ3v) is 4.81. The standard InChI is InChI=1S/C15H17FN2O2S/c1-10-4-3-5-14(13(10)9-17)18-21(19,20)15-8-12(16)7-6-11(15)2/h3-8,18H,9,17H2,1-2H3. The number of sulfonamides is 1. The van der Waals surface area contributed by atoms with Gasteiger partial charge in [0.15, 0.2) is 0 Å². The summed E-state index contributed by atoms with van der Waals surface area (Å²) >= 11 is 0. The Hall–Kier alpha value is -1.92. The van der Waals surface area contributed by atoms with E-state index in [-0.39, 0.29) is 11.4 Å². The number of benzene rings is 2. The van der Waals surface area contributed by atoms with Crippen LogP contribution >= 0.6 is 0 Å². The average molecular weight is 308 g/mol. The van der Waals surface area contributed by atoms with Gasteiger partial charge >= 0.3 is 0 Å². The smallest absolute Gasteiger partial charge is 0.262 e. The van der Waals surface area contributed by atoms with Crippen molar-refractivity contribution < 1.29 is 12.8 Å². The number of hydrogen-bond acceptors (Lipinski definition) is 3. The molecule has 0 fully saturated rings. The maximum atomic E-state index is 13.3. The summed E-state index contributed by atoms with van der Waals surface area (Å²) in [5.41, 5.74) is 8.18. The fraction of sp³-hybridized carbons (Fsp3) is 0.200. The van der Waals surface area contributed by atoms with Gasteiger partial charge in [0.2, 0.25) is 0 Å². The molecule has 0 saturated carbocycles. The minimum absolute atomic E-state index is 0.0769. The van der Waals surface area contributed by atoms with E-state index in [1.807, 2.05) is 13.0 Å². The minimum atomic E-state index is -3.86. The lowest BCUT2D eigenvalue weighted by Gasteiger charge is -2.14. The first kappa shape index (κ1) is 15.5. The summed E-state index contributed by atoms with van der Waals surface area (Å²) in [6.07, 6.45) is 0. The Morgan fingerprint density at radius 2 is 1.86 bits per heavy atom. The summed E-state index contributed by atoms with van der Waals surface area (Å²) in [5, 5.41) is 0. The van der Waals surface area contributed by atoms with Crippen molar-refractivity contribution in [3.63, 3.8) is 0 Å². The number of rotatable bonds is 4. The second-order valence-electron chi connectivity index (χ2n) is 4.82. The third kappa shape index (κ3) is 3.22. The molecule has 21 heavy (non-hydrogen) atoms. The Morgan fingerprint density at radius 3 is 2.52 bits per heavy atom. The Morgan fingerprint density at radius 1 is 1.14 bits per heavy atom. The van der Waals surface area contributed by atoms with Crippen molar-refractivity contribution in [2.75, 3.05) is 4.72 Å². The summed E-state index contributed by atoms with van der Waals surface area (Å²) in [5.74, 6) is -0.593. The highest BCUT2D eigenvalue weighted by Crippen LogP contribution is 2.24. The van der Waals surface area contributed by atoms with Gasteiger partial charge in [0.25, 0.3) is 10.0 Å². The molecule has 2 aromatic rings. The topological polar surface area (TPSA) is 72.2 Å². The zero-order valence-corrected chi connectivity index (χ0v) is 12.7. The van der Waals surface area contributed by atoms with Crippen molar-refractivity contribution in [2.45, 2.75) is 25.3 Å². The van der Waals surface area contributed by atoms with Gasteiger partial charge in [-0.15, -0.1) is 0 Å². The summed E-state index contributed by atoms with van der Waals surface area (Å²) in [4.78, 5) is -0.0769. The minimum Gasteiger partial charge on any atom is -0.326 e. The van der Waals surface area contributed by atoms with Crippen LogP contribution in [0.3, 0.4) is 0 Å². The van der Waals surface area contributed by atoms with Gasteiger partial charge in [0, 0.05) is 6.54 Å². The fourth-order valence-corrected chi connectivity index (χ4v) is 3.48. The molecule has 0 saturated heterocycles. The maximum absolute atomic E-state index is 13.3. The van der Waals surface area contributed by atoms with Crippen molar-refractivity contribution in [1.29, 1.82) is 0 Å². The largest absolute Gasteiger partial charge is 0.326 e. The zero-order valence-electron chi connectivity index (χ0n) is 11.9. The van der Waals surface area contributed by atoms with E-state index in [0.717, 1.165) is 17.2 Å². The Bertz CT molecular complexity index is 773. The highest BCUT2D eigenvalue weighted by atomic mass is 32.2. The molecule has 4 nitrogen and oxygen atoms in total. The number of hydrogen-bond donors (Lipinski definition) is 2. The van der Waals surface area contributed by atoms with Gasteiger partial charge in [-0.3, -0.25) is 4.72 Å². The molecule has 2 rings (SSSR count). The lowest BCUT2D eigenvalue weighted by molar-refractivity contribution is 0.594. The van der Waals surface area contributed by atoms with Crippen molar-refractivity contribution in [2.24, 2.45) is 5.73 Å². The van der Waals surface area contributed by atoms with Gasteiger partial charge in [-0.2, -0.15) is 0 Å². The van der Waals surface area contributed by atoms with E-state index in [0.29, 0.717) is 11.3 Å². The molecule has 0 aliphatic heterocycles. The van der Waals surface area contributed by atoms with Crippen LogP contribution in [0.1, 0.15) is 16.7 Å². The second-order valence-corrected chi connectivity index (χ2v) is 6.47. The molecule has 0 unspecified atom stereocenters. The molecular formula is C15H17FN2O2S. The van der Waals surface area contributed by atoms with Gasteiger partial charge in [0.1, 0.15) is 5.82 Å². The van der Waals surface area contributed by atoms with Crippen LogP contribution in [-0.2, 0) is 16.6 Å².